The first-order chi connectivity index (χ1) is 9.38. The summed E-state index contributed by atoms with van der Waals surface area (Å²) in [6.45, 7) is 5.68. The highest BCUT2D eigenvalue weighted by molar-refractivity contribution is 5.94. The number of hydrogen-bond acceptors (Lipinski definition) is 1. The first-order valence-corrected chi connectivity index (χ1v) is 6.54. The van der Waals surface area contributed by atoms with Crippen LogP contribution >= 0.6 is 0 Å². The highest BCUT2D eigenvalue weighted by Crippen LogP contribution is 2.21. The Morgan fingerprint density at radius 1 is 1.10 bits per heavy atom. The minimum atomic E-state index is -0.635. The number of halogens is 1. The van der Waals surface area contributed by atoms with Crippen molar-refractivity contribution >= 4 is 5.91 Å². The Labute approximate surface area is 118 Å². The smallest absolute Gasteiger partial charge is 0.251 e. The van der Waals surface area contributed by atoms with E-state index in [4.69, 9.17) is 0 Å². The van der Waals surface area contributed by atoms with Crippen LogP contribution in [0.4, 0.5) is 4.39 Å². The molecule has 0 saturated heterocycles. The van der Waals surface area contributed by atoms with E-state index in [0.717, 1.165) is 11.1 Å². The van der Waals surface area contributed by atoms with Crippen LogP contribution in [0.2, 0.25) is 0 Å². The van der Waals surface area contributed by atoms with Gasteiger partial charge in [-0.25, -0.2) is 4.39 Å². The summed E-state index contributed by atoms with van der Waals surface area (Å²) in [5.41, 5.74) is 1.80. The van der Waals surface area contributed by atoms with Crippen molar-refractivity contribution in [2.24, 2.45) is 0 Å². The number of aryl methyl sites for hydroxylation is 1. The zero-order valence-corrected chi connectivity index (χ0v) is 11.9. The molecule has 2 aromatic carbocycles. The Balaban J connectivity index is 2.19. The molecule has 20 heavy (non-hydrogen) atoms. The van der Waals surface area contributed by atoms with Crippen LogP contribution in [0.25, 0.3) is 0 Å². The molecule has 0 radical (unpaired) electrons. The van der Waals surface area contributed by atoms with E-state index in [0.29, 0.717) is 5.56 Å². The number of carbonyl (C=O) groups is 1. The molecular weight excluding hydrogens is 253 g/mol. The van der Waals surface area contributed by atoms with Crippen LogP contribution in [-0.4, -0.2) is 5.91 Å². The fourth-order valence-corrected chi connectivity index (χ4v) is 2.01. The fourth-order valence-electron chi connectivity index (χ4n) is 2.01. The van der Waals surface area contributed by atoms with Crippen LogP contribution in [0.1, 0.15) is 35.3 Å². The third-order valence-corrected chi connectivity index (χ3v) is 3.29. The van der Waals surface area contributed by atoms with Gasteiger partial charge in [-0.1, -0.05) is 29.8 Å². The average Bonchev–Trinajstić information content (AvgIpc) is 2.39. The van der Waals surface area contributed by atoms with E-state index >= 15 is 0 Å². The summed E-state index contributed by atoms with van der Waals surface area (Å²) in [7, 11) is 0. The van der Waals surface area contributed by atoms with Gasteiger partial charge in [-0.3, -0.25) is 4.79 Å². The molecule has 0 unspecified atom stereocenters. The molecule has 0 fully saturated rings. The Morgan fingerprint density at radius 2 is 1.75 bits per heavy atom. The standard InChI is InChI=1S/C17H18FNO/c1-12-7-9-13(10-8-12)16(20)19-17(2,3)14-5-4-6-15(18)11-14/h4-11H,1-3H3,(H,19,20). The number of carbonyl (C=O) groups excluding carboxylic acids is 1. The quantitative estimate of drug-likeness (QED) is 0.904. The van der Waals surface area contributed by atoms with Gasteiger partial charge in [0.25, 0.3) is 5.91 Å². The topological polar surface area (TPSA) is 29.1 Å². The monoisotopic (exact) mass is 271 g/mol. The summed E-state index contributed by atoms with van der Waals surface area (Å²) >= 11 is 0. The molecule has 1 amide bonds. The Morgan fingerprint density at radius 3 is 2.35 bits per heavy atom. The van der Waals surface area contributed by atoms with Crippen molar-refractivity contribution in [3.05, 3.63) is 71.0 Å². The fraction of sp³-hybridized carbons (Fsp3) is 0.235. The third kappa shape index (κ3) is 3.23. The third-order valence-electron chi connectivity index (χ3n) is 3.29. The zero-order chi connectivity index (χ0) is 14.8. The van der Waals surface area contributed by atoms with E-state index in [2.05, 4.69) is 5.32 Å². The summed E-state index contributed by atoms with van der Waals surface area (Å²) in [5, 5.41) is 2.93. The molecule has 0 bridgehead atoms. The molecule has 104 valence electrons. The minimum absolute atomic E-state index is 0.167. The predicted octanol–water partition coefficient (Wildman–Crippen LogP) is 3.80. The summed E-state index contributed by atoms with van der Waals surface area (Å²) < 4.78 is 13.3. The number of amides is 1. The van der Waals surface area contributed by atoms with Gasteiger partial charge in [0, 0.05) is 5.56 Å². The Bertz CT molecular complexity index is 617. The normalized spacial score (nSPS) is 11.2. The highest BCUT2D eigenvalue weighted by atomic mass is 19.1. The molecule has 3 heteroatoms. The molecule has 0 aliphatic heterocycles. The minimum Gasteiger partial charge on any atom is -0.343 e. The van der Waals surface area contributed by atoms with Crippen LogP contribution in [0.15, 0.2) is 48.5 Å². The first-order valence-electron chi connectivity index (χ1n) is 6.54. The van der Waals surface area contributed by atoms with Crippen LogP contribution in [0.3, 0.4) is 0 Å². The Kier molecular flexibility index (Phi) is 3.89. The van der Waals surface area contributed by atoms with Gasteiger partial charge < -0.3 is 5.32 Å². The SMILES string of the molecule is Cc1ccc(C(=O)NC(C)(C)c2cccc(F)c2)cc1. The molecule has 0 aromatic heterocycles. The maximum absolute atomic E-state index is 13.3. The van der Waals surface area contributed by atoms with Crippen molar-refractivity contribution in [1.29, 1.82) is 0 Å². The van der Waals surface area contributed by atoms with Gasteiger partial charge in [0.05, 0.1) is 5.54 Å². The predicted molar refractivity (Wildman–Crippen MR) is 78.1 cm³/mol. The largest absolute Gasteiger partial charge is 0.343 e. The van der Waals surface area contributed by atoms with Crippen LogP contribution < -0.4 is 5.32 Å². The second-order valence-electron chi connectivity index (χ2n) is 5.46. The second kappa shape index (κ2) is 5.45. The van der Waals surface area contributed by atoms with E-state index in [1.54, 1.807) is 24.3 Å². The first kappa shape index (κ1) is 14.3. The summed E-state index contributed by atoms with van der Waals surface area (Å²) in [6, 6.07) is 13.6. The highest BCUT2D eigenvalue weighted by Gasteiger charge is 2.23. The lowest BCUT2D eigenvalue weighted by Gasteiger charge is -2.27. The second-order valence-corrected chi connectivity index (χ2v) is 5.46. The molecule has 0 aliphatic carbocycles. The molecule has 0 saturated carbocycles. The van der Waals surface area contributed by atoms with Crippen LogP contribution in [0, 0.1) is 12.7 Å². The Hall–Kier alpha value is -2.16. The molecule has 2 aromatic rings. The van der Waals surface area contributed by atoms with Crippen molar-refractivity contribution in [1.82, 2.24) is 5.32 Å². The van der Waals surface area contributed by atoms with Crippen molar-refractivity contribution in [2.45, 2.75) is 26.3 Å². The van der Waals surface area contributed by atoms with E-state index in [1.165, 1.54) is 12.1 Å². The van der Waals surface area contributed by atoms with E-state index in [9.17, 15) is 9.18 Å². The van der Waals surface area contributed by atoms with Gasteiger partial charge in [0.15, 0.2) is 0 Å². The number of nitrogens with one attached hydrogen (secondary N) is 1. The number of benzene rings is 2. The lowest BCUT2D eigenvalue weighted by atomic mass is 9.93. The molecule has 1 N–H and O–H groups in total. The number of rotatable bonds is 3. The molecule has 0 atom stereocenters. The molecule has 0 spiro atoms. The molecular formula is C17H18FNO. The average molecular weight is 271 g/mol. The van der Waals surface area contributed by atoms with Crippen molar-refractivity contribution in [2.75, 3.05) is 0 Å². The van der Waals surface area contributed by atoms with E-state index in [-0.39, 0.29) is 11.7 Å². The maximum atomic E-state index is 13.3. The van der Waals surface area contributed by atoms with Gasteiger partial charge in [-0.05, 0) is 50.6 Å². The van der Waals surface area contributed by atoms with E-state index in [1.807, 2.05) is 32.9 Å². The summed E-state index contributed by atoms with van der Waals surface area (Å²) in [4.78, 5) is 12.2. The van der Waals surface area contributed by atoms with Crippen LogP contribution in [-0.2, 0) is 5.54 Å². The molecule has 0 heterocycles. The summed E-state index contributed by atoms with van der Waals surface area (Å²) in [6.07, 6.45) is 0. The molecule has 0 aliphatic rings. The van der Waals surface area contributed by atoms with Gasteiger partial charge in [-0.15, -0.1) is 0 Å². The van der Waals surface area contributed by atoms with Crippen LogP contribution in [0.5, 0.6) is 0 Å². The van der Waals surface area contributed by atoms with E-state index < -0.39 is 5.54 Å². The number of hydrogen-bond donors (Lipinski definition) is 1. The molecule has 2 nitrogen and oxygen atoms in total. The van der Waals surface area contributed by atoms with Crippen molar-refractivity contribution < 1.29 is 9.18 Å². The van der Waals surface area contributed by atoms with Gasteiger partial charge in [-0.2, -0.15) is 0 Å². The maximum Gasteiger partial charge on any atom is 0.251 e. The van der Waals surface area contributed by atoms with Gasteiger partial charge >= 0.3 is 0 Å². The van der Waals surface area contributed by atoms with Crippen molar-refractivity contribution in [3.8, 4) is 0 Å². The lowest BCUT2D eigenvalue weighted by Crippen LogP contribution is -2.41. The van der Waals surface area contributed by atoms with Crippen molar-refractivity contribution in [3.63, 3.8) is 0 Å². The zero-order valence-electron chi connectivity index (χ0n) is 11.9. The van der Waals surface area contributed by atoms with Gasteiger partial charge in [0.2, 0.25) is 0 Å². The summed E-state index contributed by atoms with van der Waals surface area (Å²) in [5.74, 6) is -0.473. The molecule has 2 rings (SSSR count). The van der Waals surface area contributed by atoms with Gasteiger partial charge in [0.1, 0.15) is 5.82 Å². The lowest BCUT2D eigenvalue weighted by molar-refractivity contribution is 0.0912.